The van der Waals surface area contributed by atoms with Crippen molar-refractivity contribution in [2.75, 3.05) is 57.5 Å². The SMILES string of the molecule is CN=C(NCCS(=O)C(C)(C)C)N1CCN(c2ccc(OC)cc2)CC1. The highest BCUT2D eigenvalue weighted by Crippen LogP contribution is 2.20. The van der Waals surface area contributed by atoms with E-state index in [4.69, 9.17) is 4.74 Å². The number of hydrogen-bond acceptors (Lipinski definition) is 4. The molecule has 2 rings (SSSR count). The van der Waals surface area contributed by atoms with Gasteiger partial charge in [0.05, 0.1) is 7.11 Å². The molecule has 146 valence electrons. The molecule has 0 radical (unpaired) electrons. The summed E-state index contributed by atoms with van der Waals surface area (Å²) in [5.41, 5.74) is 1.22. The lowest BCUT2D eigenvalue weighted by molar-refractivity contribution is 0.373. The molecule has 0 amide bonds. The van der Waals surface area contributed by atoms with Gasteiger partial charge in [0.15, 0.2) is 5.96 Å². The lowest BCUT2D eigenvalue weighted by Crippen LogP contribution is -2.53. The maximum Gasteiger partial charge on any atom is 0.193 e. The van der Waals surface area contributed by atoms with Crippen LogP contribution in [0.2, 0.25) is 0 Å². The van der Waals surface area contributed by atoms with Gasteiger partial charge in [0.1, 0.15) is 5.75 Å². The van der Waals surface area contributed by atoms with Gasteiger partial charge in [-0.15, -0.1) is 0 Å². The average Bonchev–Trinajstić information content (AvgIpc) is 2.64. The molecule has 1 aliphatic rings. The Hall–Kier alpha value is -1.76. The monoisotopic (exact) mass is 380 g/mol. The van der Waals surface area contributed by atoms with Gasteiger partial charge in [0, 0.05) is 66.8 Å². The minimum Gasteiger partial charge on any atom is -0.497 e. The largest absolute Gasteiger partial charge is 0.497 e. The molecule has 1 atom stereocenters. The summed E-state index contributed by atoms with van der Waals surface area (Å²) >= 11 is 0. The van der Waals surface area contributed by atoms with Gasteiger partial charge in [-0.05, 0) is 45.0 Å². The van der Waals surface area contributed by atoms with Crippen LogP contribution in [-0.2, 0) is 10.8 Å². The Bertz CT molecular complexity index is 617. The van der Waals surface area contributed by atoms with Crippen LogP contribution in [0.15, 0.2) is 29.3 Å². The Labute approximate surface area is 160 Å². The molecule has 1 aromatic rings. The topological polar surface area (TPSA) is 57.2 Å². The molecule has 0 spiro atoms. The van der Waals surface area contributed by atoms with E-state index in [1.54, 1.807) is 14.2 Å². The molecule has 1 saturated heterocycles. The predicted octanol–water partition coefficient (Wildman–Crippen LogP) is 1.94. The number of ether oxygens (including phenoxy) is 1. The molecule has 7 heteroatoms. The Morgan fingerprint density at radius 2 is 1.81 bits per heavy atom. The summed E-state index contributed by atoms with van der Waals surface area (Å²) in [6, 6.07) is 8.20. The van der Waals surface area contributed by atoms with Crippen molar-refractivity contribution in [1.29, 1.82) is 0 Å². The number of rotatable bonds is 5. The predicted molar refractivity (Wildman–Crippen MR) is 111 cm³/mol. The van der Waals surface area contributed by atoms with Crippen molar-refractivity contribution in [3.05, 3.63) is 24.3 Å². The molecule has 1 N–H and O–H groups in total. The summed E-state index contributed by atoms with van der Waals surface area (Å²) < 4.78 is 17.2. The fraction of sp³-hybridized carbons (Fsp3) is 0.632. The number of aliphatic imine (C=N–C) groups is 1. The summed E-state index contributed by atoms with van der Waals surface area (Å²) in [5.74, 6) is 2.41. The second kappa shape index (κ2) is 9.26. The maximum absolute atomic E-state index is 12.2. The van der Waals surface area contributed by atoms with Crippen molar-refractivity contribution in [3.8, 4) is 5.75 Å². The number of anilines is 1. The average molecular weight is 381 g/mol. The summed E-state index contributed by atoms with van der Waals surface area (Å²) in [7, 11) is 2.64. The highest BCUT2D eigenvalue weighted by molar-refractivity contribution is 7.86. The Morgan fingerprint density at radius 3 is 2.31 bits per heavy atom. The lowest BCUT2D eigenvalue weighted by atomic mass is 10.2. The lowest BCUT2D eigenvalue weighted by Gasteiger charge is -2.37. The van der Waals surface area contributed by atoms with Crippen LogP contribution in [0.1, 0.15) is 20.8 Å². The fourth-order valence-electron chi connectivity index (χ4n) is 2.86. The van der Waals surface area contributed by atoms with Gasteiger partial charge in [0.2, 0.25) is 0 Å². The van der Waals surface area contributed by atoms with Crippen LogP contribution in [0.4, 0.5) is 5.69 Å². The minimum absolute atomic E-state index is 0.171. The van der Waals surface area contributed by atoms with E-state index in [2.05, 4.69) is 32.2 Å². The van der Waals surface area contributed by atoms with Crippen LogP contribution >= 0.6 is 0 Å². The van der Waals surface area contributed by atoms with E-state index in [1.807, 2.05) is 32.9 Å². The first-order valence-electron chi connectivity index (χ1n) is 9.08. The van der Waals surface area contributed by atoms with Crippen LogP contribution in [0, 0.1) is 0 Å². The molecule has 0 saturated carbocycles. The normalized spacial score (nSPS) is 17.2. The molecule has 6 nitrogen and oxygen atoms in total. The van der Waals surface area contributed by atoms with E-state index in [1.165, 1.54) is 5.69 Å². The Kier molecular flexibility index (Phi) is 7.32. The van der Waals surface area contributed by atoms with Crippen molar-refractivity contribution >= 4 is 22.4 Å². The van der Waals surface area contributed by atoms with Gasteiger partial charge in [-0.1, -0.05) is 0 Å². The number of methoxy groups -OCH3 is 1. The van der Waals surface area contributed by atoms with Crippen molar-refractivity contribution in [2.24, 2.45) is 4.99 Å². The molecule has 0 aromatic heterocycles. The summed E-state index contributed by atoms with van der Waals surface area (Å²) in [6.45, 7) is 10.4. The summed E-state index contributed by atoms with van der Waals surface area (Å²) in [5, 5.41) is 3.36. The zero-order valence-electron chi connectivity index (χ0n) is 16.6. The smallest absolute Gasteiger partial charge is 0.193 e. The maximum atomic E-state index is 12.2. The molecule has 0 bridgehead atoms. The zero-order chi connectivity index (χ0) is 19.2. The molecule has 1 unspecified atom stereocenters. The van der Waals surface area contributed by atoms with Gasteiger partial charge in [-0.25, -0.2) is 0 Å². The van der Waals surface area contributed by atoms with Crippen molar-refractivity contribution in [1.82, 2.24) is 10.2 Å². The zero-order valence-corrected chi connectivity index (χ0v) is 17.4. The Balaban J connectivity index is 1.82. The fourth-order valence-corrected chi connectivity index (χ4v) is 3.76. The van der Waals surface area contributed by atoms with Gasteiger partial charge in [-0.2, -0.15) is 0 Å². The van der Waals surface area contributed by atoms with E-state index in [0.717, 1.165) is 37.9 Å². The third-order valence-electron chi connectivity index (χ3n) is 4.48. The molecule has 1 aliphatic heterocycles. The first-order chi connectivity index (χ1) is 12.3. The number of nitrogens with zero attached hydrogens (tertiary/aromatic N) is 3. The number of hydrogen-bond donors (Lipinski definition) is 1. The number of nitrogens with one attached hydrogen (secondary N) is 1. The van der Waals surface area contributed by atoms with E-state index < -0.39 is 10.8 Å². The van der Waals surface area contributed by atoms with Crippen LogP contribution < -0.4 is 15.0 Å². The third kappa shape index (κ3) is 5.62. The molecule has 1 aromatic carbocycles. The van der Waals surface area contributed by atoms with E-state index >= 15 is 0 Å². The van der Waals surface area contributed by atoms with Crippen LogP contribution in [-0.4, -0.2) is 72.4 Å². The van der Waals surface area contributed by atoms with Crippen LogP contribution in [0.3, 0.4) is 0 Å². The number of guanidine groups is 1. The molecule has 26 heavy (non-hydrogen) atoms. The summed E-state index contributed by atoms with van der Waals surface area (Å²) in [6.07, 6.45) is 0. The summed E-state index contributed by atoms with van der Waals surface area (Å²) in [4.78, 5) is 9.03. The highest BCUT2D eigenvalue weighted by Gasteiger charge is 2.21. The standard InChI is InChI=1S/C19H32N4O2S/c1-19(2,3)26(24)15-10-21-18(20-4)23-13-11-22(12-14-23)16-6-8-17(25-5)9-7-16/h6-9H,10-15H2,1-5H3,(H,20,21). The molecular weight excluding hydrogens is 348 g/mol. The van der Waals surface area contributed by atoms with Crippen LogP contribution in [0.25, 0.3) is 0 Å². The van der Waals surface area contributed by atoms with E-state index in [9.17, 15) is 4.21 Å². The van der Waals surface area contributed by atoms with Gasteiger partial charge < -0.3 is 19.9 Å². The Morgan fingerprint density at radius 1 is 1.19 bits per heavy atom. The van der Waals surface area contributed by atoms with E-state index in [-0.39, 0.29) is 4.75 Å². The molecular formula is C19H32N4O2S. The van der Waals surface area contributed by atoms with Crippen molar-refractivity contribution < 1.29 is 8.95 Å². The second-order valence-electron chi connectivity index (χ2n) is 7.31. The first-order valence-corrected chi connectivity index (χ1v) is 10.4. The third-order valence-corrected chi connectivity index (χ3v) is 6.42. The van der Waals surface area contributed by atoms with Gasteiger partial charge >= 0.3 is 0 Å². The first kappa shape index (κ1) is 20.6. The van der Waals surface area contributed by atoms with Crippen LogP contribution in [0.5, 0.6) is 5.75 Å². The van der Waals surface area contributed by atoms with Gasteiger partial charge in [0.25, 0.3) is 0 Å². The highest BCUT2D eigenvalue weighted by atomic mass is 32.2. The molecule has 1 heterocycles. The van der Waals surface area contributed by atoms with Crippen molar-refractivity contribution in [2.45, 2.75) is 25.5 Å². The van der Waals surface area contributed by atoms with Crippen molar-refractivity contribution in [3.63, 3.8) is 0 Å². The number of benzene rings is 1. The second-order valence-corrected chi connectivity index (χ2v) is 9.63. The van der Waals surface area contributed by atoms with E-state index in [0.29, 0.717) is 12.3 Å². The quantitative estimate of drug-likeness (QED) is 0.625. The minimum atomic E-state index is -0.849. The molecule has 0 aliphatic carbocycles. The molecule has 1 fully saturated rings. The number of piperazine rings is 1. The van der Waals surface area contributed by atoms with Gasteiger partial charge in [-0.3, -0.25) is 9.20 Å².